The Hall–Kier alpha value is -1.82. The molecule has 2 rings (SSSR count). The second-order valence-electron chi connectivity index (χ2n) is 4.50. The Morgan fingerprint density at radius 2 is 2.29 bits per heavy atom. The Labute approximate surface area is 127 Å². The number of cyclic esters (lactones) is 1. The number of nitrogens with zero attached hydrogens (tertiary/aromatic N) is 1. The van der Waals surface area contributed by atoms with Gasteiger partial charge in [0.25, 0.3) is 0 Å². The van der Waals surface area contributed by atoms with Crippen LogP contribution in [0, 0.1) is 5.82 Å². The molecule has 1 aromatic carbocycles. The van der Waals surface area contributed by atoms with Crippen molar-refractivity contribution in [3.8, 4) is 0 Å². The molecule has 1 aliphatic rings. The zero-order valence-electron chi connectivity index (χ0n) is 11.5. The van der Waals surface area contributed by atoms with E-state index in [1.165, 1.54) is 17.8 Å². The Bertz CT molecular complexity index is 549. The van der Waals surface area contributed by atoms with Gasteiger partial charge in [0, 0.05) is 23.0 Å². The number of amides is 2. The van der Waals surface area contributed by atoms with Crippen molar-refractivity contribution in [3.05, 3.63) is 48.3 Å². The van der Waals surface area contributed by atoms with Crippen LogP contribution in [0.4, 0.5) is 9.18 Å². The van der Waals surface area contributed by atoms with Gasteiger partial charge in [-0.2, -0.15) is 0 Å². The molecule has 1 aromatic rings. The number of carbonyl (C=O) groups excluding carboxylic acids is 2. The molecule has 0 aliphatic carbocycles. The van der Waals surface area contributed by atoms with Gasteiger partial charge >= 0.3 is 6.09 Å². The number of hydrogen-bond acceptors (Lipinski definition) is 4. The van der Waals surface area contributed by atoms with Crippen LogP contribution in [0.1, 0.15) is 17.2 Å². The molecule has 0 spiro atoms. The van der Waals surface area contributed by atoms with Gasteiger partial charge in [0.2, 0.25) is 5.91 Å². The second kappa shape index (κ2) is 7.26. The quantitative estimate of drug-likeness (QED) is 0.757. The zero-order valence-corrected chi connectivity index (χ0v) is 12.3. The van der Waals surface area contributed by atoms with E-state index in [1.807, 2.05) is 0 Å². The van der Waals surface area contributed by atoms with Crippen molar-refractivity contribution < 1.29 is 18.7 Å². The van der Waals surface area contributed by atoms with Crippen molar-refractivity contribution in [1.82, 2.24) is 4.90 Å². The molecule has 2 amide bonds. The molecule has 1 heterocycles. The van der Waals surface area contributed by atoms with Gasteiger partial charge in [-0.1, -0.05) is 24.3 Å². The molecular weight excluding hydrogens is 293 g/mol. The third-order valence-corrected chi connectivity index (χ3v) is 4.34. The third-order valence-electron chi connectivity index (χ3n) is 3.09. The molecule has 4 nitrogen and oxygen atoms in total. The molecule has 1 saturated heterocycles. The molecular formula is C15H16FNO3S. The average Bonchev–Trinajstić information content (AvgIpc) is 2.90. The second-order valence-corrected chi connectivity index (χ2v) is 5.73. The highest BCUT2D eigenvalue weighted by atomic mass is 32.2. The van der Waals surface area contributed by atoms with E-state index in [0.717, 1.165) is 4.90 Å². The summed E-state index contributed by atoms with van der Waals surface area (Å²) in [5.41, 5.74) is 0.463. The maximum atomic E-state index is 13.9. The van der Waals surface area contributed by atoms with Gasteiger partial charge in [-0.15, -0.1) is 18.3 Å². The van der Waals surface area contributed by atoms with Crippen molar-refractivity contribution in [3.63, 3.8) is 0 Å². The van der Waals surface area contributed by atoms with Crippen LogP contribution in [0.25, 0.3) is 0 Å². The molecule has 0 bridgehead atoms. The fourth-order valence-corrected chi connectivity index (χ4v) is 3.07. The Morgan fingerprint density at radius 1 is 1.52 bits per heavy atom. The minimum atomic E-state index is -0.624. The van der Waals surface area contributed by atoms with E-state index < -0.39 is 6.09 Å². The molecule has 0 radical (unpaired) electrons. The van der Waals surface area contributed by atoms with E-state index in [9.17, 15) is 14.0 Å². The van der Waals surface area contributed by atoms with E-state index in [4.69, 9.17) is 4.74 Å². The van der Waals surface area contributed by atoms with Gasteiger partial charge in [-0.25, -0.2) is 14.1 Å². The number of imide groups is 1. The minimum absolute atomic E-state index is 0.0501. The summed E-state index contributed by atoms with van der Waals surface area (Å²) in [5, 5.41) is -0.356. The van der Waals surface area contributed by atoms with Crippen molar-refractivity contribution in [2.24, 2.45) is 0 Å². The number of carbonyl (C=O) groups is 2. The zero-order chi connectivity index (χ0) is 15.2. The molecule has 112 valence electrons. The smallest absolute Gasteiger partial charge is 0.416 e. The lowest BCUT2D eigenvalue weighted by Gasteiger charge is -2.19. The number of hydrogen-bond donors (Lipinski definition) is 0. The predicted molar refractivity (Wildman–Crippen MR) is 79.5 cm³/mol. The molecule has 21 heavy (non-hydrogen) atoms. The lowest BCUT2D eigenvalue weighted by atomic mass is 10.1. The molecule has 1 aliphatic heterocycles. The summed E-state index contributed by atoms with van der Waals surface area (Å²) in [6, 6.07) is 6.36. The van der Waals surface area contributed by atoms with E-state index in [2.05, 4.69) is 6.58 Å². The van der Waals surface area contributed by atoms with E-state index in [0.29, 0.717) is 11.3 Å². The lowest BCUT2D eigenvalue weighted by Crippen LogP contribution is -2.32. The molecule has 0 unspecified atom stereocenters. The first kappa shape index (κ1) is 15.6. The minimum Gasteiger partial charge on any atom is -0.447 e. The van der Waals surface area contributed by atoms with Crippen molar-refractivity contribution >= 4 is 23.8 Å². The van der Waals surface area contributed by atoms with Crippen molar-refractivity contribution in [2.45, 2.75) is 11.7 Å². The maximum Gasteiger partial charge on any atom is 0.416 e. The third kappa shape index (κ3) is 3.85. The maximum absolute atomic E-state index is 13.9. The summed E-state index contributed by atoms with van der Waals surface area (Å²) in [4.78, 5) is 24.6. The first-order valence-electron chi connectivity index (χ1n) is 6.57. The fraction of sp³-hybridized carbons (Fsp3) is 0.333. The van der Waals surface area contributed by atoms with Gasteiger partial charge in [0.05, 0.1) is 6.54 Å². The van der Waals surface area contributed by atoms with Crippen LogP contribution in [0.15, 0.2) is 36.9 Å². The Morgan fingerprint density at radius 3 is 2.90 bits per heavy atom. The first-order valence-corrected chi connectivity index (χ1v) is 7.62. The topological polar surface area (TPSA) is 46.6 Å². The molecule has 0 aromatic heterocycles. The number of halogens is 1. The summed E-state index contributed by atoms with van der Waals surface area (Å²) >= 11 is 1.42. The fourth-order valence-electron chi connectivity index (χ4n) is 2.07. The highest BCUT2D eigenvalue weighted by Crippen LogP contribution is 2.34. The standard InChI is InChI=1S/C15H16FNO3S/c1-2-9-21-13(11-5-3-4-6-12(11)16)10-14(18)17-7-8-20-15(17)19/h2-6,13H,1,7-10H2/t13-/m1/s1. The predicted octanol–water partition coefficient (Wildman–Crippen LogP) is 3.15. The molecule has 0 N–H and O–H groups in total. The molecule has 0 saturated carbocycles. The molecule has 1 atom stereocenters. The van der Waals surface area contributed by atoms with E-state index >= 15 is 0 Å². The van der Waals surface area contributed by atoms with E-state index in [1.54, 1.807) is 24.3 Å². The summed E-state index contributed by atoms with van der Waals surface area (Å²) in [6.07, 6.45) is 1.13. The highest BCUT2D eigenvalue weighted by molar-refractivity contribution is 7.99. The number of benzene rings is 1. The number of rotatable bonds is 6. The van der Waals surface area contributed by atoms with Gasteiger partial charge in [-0.05, 0) is 6.07 Å². The normalized spacial score (nSPS) is 15.7. The van der Waals surface area contributed by atoms with Crippen LogP contribution in [0.5, 0.6) is 0 Å². The van der Waals surface area contributed by atoms with Crippen LogP contribution in [0.2, 0.25) is 0 Å². The van der Waals surface area contributed by atoms with Crippen LogP contribution < -0.4 is 0 Å². The highest BCUT2D eigenvalue weighted by Gasteiger charge is 2.30. The summed E-state index contributed by atoms with van der Waals surface area (Å²) < 4.78 is 18.7. The summed E-state index contributed by atoms with van der Waals surface area (Å²) in [7, 11) is 0. The average molecular weight is 309 g/mol. The van der Waals surface area contributed by atoms with Gasteiger partial charge in [0.1, 0.15) is 12.4 Å². The van der Waals surface area contributed by atoms with Crippen LogP contribution in [0.3, 0.4) is 0 Å². The number of ether oxygens (including phenoxy) is 1. The lowest BCUT2D eigenvalue weighted by molar-refractivity contribution is -0.127. The largest absolute Gasteiger partial charge is 0.447 e. The SMILES string of the molecule is C=CCS[C@H](CC(=O)N1CCOC1=O)c1ccccc1F. The molecule has 6 heteroatoms. The van der Waals surface area contributed by atoms with Crippen LogP contribution in [-0.4, -0.2) is 35.8 Å². The van der Waals surface area contributed by atoms with E-state index in [-0.39, 0.29) is 36.5 Å². The summed E-state index contributed by atoms with van der Waals surface area (Å²) in [6.45, 7) is 4.11. The Balaban J connectivity index is 2.13. The van der Waals surface area contributed by atoms with Gasteiger partial charge in [-0.3, -0.25) is 4.79 Å². The Kier molecular flexibility index (Phi) is 5.38. The van der Waals surface area contributed by atoms with Crippen LogP contribution >= 0.6 is 11.8 Å². The first-order chi connectivity index (χ1) is 10.1. The van der Waals surface area contributed by atoms with Crippen molar-refractivity contribution in [1.29, 1.82) is 0 Å². The van der Waals surface area contributed by atoms with Gasteiger partial charge < -0.3 is 4.74 Å². The number of thioether (sulfide) groups is 1. The summed E-state index contributed by atoms with van der Waals surface area (Å²) in [5.74, 6) is -0.102. The molecule has 1 fully saturated rings. The van der Waals surface area contributed by atoms with Crippen molar-refractivity contribution in [2.75, 3.05) is 18.9 Å². The van der Waals surface area contributed by atoms with Crippen LogP contribution in [-0.2, 0) is 9.53 Å². The monoisotopic (exact) mass is 309 g/mol. The van der Waals surface area contributed by atoms with Gasteiger partial charge in [0.15, 0.2) is 0 Å².